The van der Waals surface area contributed by atoms with Crippen LogP contribution < -0.4 is 0 Å². The third-order valence-corrected chi connectivity index (χ3v) is 8.79. The van der Waals surface area contributed by atoms with Gasteiger partial charge in [-0.3, -0.25) is 4.40 Å². The summed E-state index contributed by atoms with van der Waals surface area (Å²) < 4.78 is 2.18. The fraction of sp³-hybridized carbons (Fsp3) is 0. The van der Waals surface area contributed by atoms with E-state index in [2.05, 4.69) is 150 Å². The lowest BCUT2D eigenvalue weighted by molar-refractivity contribution is 1.19. The van der Waals surface area contributed by atoms with Gasteiger partial charge in [-0.25, -0.2) is 9.97 Å². The molecule has 0 radical (unpaired) electrons. The summed E-state index contributed by atoms with van der Waals surface area (Å²) in [5.74, 6) is 0. The van der Waals surface area contributed by atoms with Crippen molar-refractivity contribution < 1.29 is 0 Å². The minimum Gasteiger partial charge on any atom is -0.299 e. The summed E-state index contributed by atoms with van der Waals surface area (Å²) in [4.78, 5) is 10.2. The van der Waals surface area contributed by atoms with Crippen molar-refractivity contribution in [2.24, 2.45) is 0 Å². The van der Waals surface area contributed by atoms with Crippen molar-refractivity contribution in [3.8, 4) is 44.9 Å². The molecule has 0 bridgehead atoms. The van der Waals surface area contributed by atoms with Crippen LogP contribution in [0, 0.1) is 0 Å². The van der Waals surface area contributed by atoms with Crippen molar-refractivity contribution in [3.63, 3.8) is 0 Å². The number of para-hydroxylation sites is 1. The first-order valence-corrected chi connectivity index (χ1v) is 15.3. The Labute approximate surface area is 260 Å². The van der Waals surface area contributed by atoms with Crippen molar-refractivity contribution in [2.75, 3.05) is 0 Å². The van der Waals surface area contributed by atoms with E-state index in [4.69, 9.17) is 9.97 Å². The van der Waals surface area contributed by atoms with E-state index in [1.165, 1.54) is 43.8 Å². The van der Waals surface area contributed by atoms with E-state index in [1.54, 1.807) is 0 Å². The van der Waals surface area contributed by atoms with Crippen LogP contribution in [0.1, 0.15) is 0 Å². The van der Waals surface area contributed by atoms with Gasteiger partial charge in [-0.2, -0.15) is 0 Å². The fourth-order valence-corrected chi connectivity index (χ4v) is 6.83. The third kappa shape index (κ3) is 4.13. The zero-order valence-electron chi connectivity index (χ0n) is 24.4. The van der Waals surface area contributed by atoms with E-state index in [0.29, 0.717) is 0 Å². The number of hydrogen-bond donors (Lipinski definition) is 0. The quantitative estimate of drug-likeness (QED) is 0.196. The molecule has 0 saturated carbocycles. The molecule has 0 saturated heterocycles. The number of hydrogen-bond acceptors (Lipinski definition) is 2. The van der Waals surface area contributed by atoms with Gasteiger partial charge in [0.2, 0.25) is 0 Å². The normalized spacial score (nSPS) is 11.6. The van der Waals surface area contributed by atoms with Gasteiger partial charge in [-0.05, 0) is 74.1 Å². The SMILES string of the molecule is c1ccc(-c2c3ccccc3c(-c3cccc(-c4c(-c5ccc6ccccc6n5)nc5ccccn45)c3)c3ccccc23)cc1. The smallest absolute Gasteiger partial charge is 0.138 e. The van der Waals surface area contributed by atoms with Crippen LogP contribution in [0.25, 0.3) is 83.0 Å². The molecule has 3 nitrogen and oxygen atoms in total. The highest BCUT2D eigenvalue weighted by molar-refractivity contribution is 6.21. The number of fused-ring (bicyclic) bond motifs is 4. The summed E-state index contributed by atoms with van der Waals surface area (Å²) in [6, 6.07) is 55.9. The van der Waals surface area contributed by atoms with E-state index in [-0.39, 0.29) is 0 Å². The van der Waals surface area contributed by atoms with Crippen molar-refractivity contribution in [3.05, 3.63) is 164 Å². The molecule has 0 N–H and O–H groups in total. The predicted molar refractivity (Wildman–Crippen MR) is 187 cm³/mol. The second kappa shape index (κ2) is 10.3. The standard InChI is InChI=1S/C42H27N3/c1-2-14-29(15-3-1)39-32-18-5-7-20-34(32)40(35-21-8-6-19-33(35)39)30-16-12-17-31(27-30)42-41(44-38-23-10-11-26-45(38)42)37-25-24-28-13-4-9-22-36(28)43-37/h1-27H. The second-order valence-corrected chi connectivity index (χ2v) is 11.4. The van der Waals surface area contributed by atoms with Crippen LogP contribution in [-0.2, 0) is 0 Å². The number of aromatic nitrogens is 3. The van der Waals surface area contributed by atoms with Gasteiger partial charge in [-0.15, -0.1) is 0 Å². The van der Waals surface area contributed by atoms with E-state index < -0.39 is 0 Å². The van der Waals surface area contributed by atoms with Crippen molar-refractivity contribution >= 4 is 38.1 Å². The molecule has 0 spiro atoms. The number of benzene rings is 6. The molecule has 3 aromatic heterocycles. The largest absolute Gasteiger partial charge is 0.299 e. The molecule has 0 aliphatic rings. The highest BCUT2D eigenvalue weighted by Crippen LogP contribution is 2.44. The van der Waals surface area contributed by atoms with E-state index >= 15 is 0 Å². The molecular formula is C42H27N3. The van der Waals surface area contributed by atoms with Gasteiger partial charge >= 0.3 is 0 Å². The van der Waals surface area contributed by atoms with Crippen LogP contribution in [0.15, 0.2) is 164 Å². The second-order valence-electron chi connectivity index (χ2n) is 11.4. The van der Waals surface area contributed by atoms with Crippen molar-refractivity contribution in [1.82, 2.24) is 14.4 Å². The van der Waals surface area contributed by atoms with Gasteiger partial charge in [0.25, 0.3) is 0 Å². The predicted octanol–water partition coefficient (Wildman–Crippen LogP) is 10.9. The minimum atomic E-state index is 0.862. The lowest BCUT2D eigenvalue weighted by Crippen LogP contribution is -1.93. The van der Waals surface area contributed by atoms with Gasteiger partial charge < -0.3 is 0 Å². The summed E-state index contributed by atoms with van der Waals surface area (Å²) in [6.45, 7) is 0. The molecule has 0 atom stereocenters. The summed E-state index contributed by atoms with van der Waals surface area (Å²) in [5, 5.41) is 6.09. The van der Waals surface area contributed by atoms with Crippen LogP contribution >= 0.6 is 0 Å². The Morgan fingerprint density at radius 3 is 1.78 bits per heavy atom. The summed E-state index contributed by atoms with van der Waals surface area (Å²) in [5.41, 5.74) is 10.6. The van der Waals surface area contributed by atoms with Crippen LogP contribution in [-0.4, -0.2) is 14.4 Å². The molecule has 0 aliphatic heterocycles. The maximum absolute atomic E-state index is 5.11. The highest BCUT2D eigenvalue weighted by Gasteiger charge is 2.20. The summed E-state index contributed by atoms with van der Waals surface area (Å²) in [6.07, 6.45) is 2.09. The molecule has 0 fully saturated rings. The number of pyridine rings is 2. The Balaban J connectivity index is 1.31. The van der Waals surface area contributed by atoms with E-state index in [1.807, 2.05) is 18.2 Å². The Morgan fingerprint density at radius 2 is 1.02 bits per heavy atom. The van der Waals surface area contributed by atoms with Gasteiger partial charge in [-0.1, -0.05) is 127 Å². The average molecular weight is 574 g/mol. The monoisotopic (exact) mass is 573 g/mol. The molecule has 210 valence electrons. The molecule has 9 aromatic rings. The molecule has 0 amide bonds. The maximum atomic E-state index is 5.11. The molecule has 45 heavy (non-hydrogen) atoms. The Kier molecular flexibility index (Phi) is 5.82. The molecule has 0 unspecified atom stereocenters. The van der Waals surface area contributed by atoms with Gasteiger partial charge in [0.1, 0.15) is 11.3 Å². The number of imidazole rings is 1. The Morgan fingerprint density at radius 1 is 0.422 bits per heavy atom. The number of rotatable bonds is 4. The number of nitrogens with zero attached hydrogens (tertiary/aromatic N) is 3. The lowest BCUT2D eigenvalue weighted by Gasteiger charge is -2.18. The van der Waals surface area contributed by atoms with Gasteiger partial charge in [0.15, 0.2) is 0 Å². The van der Waals surface area contributed by atoms with E-state index in [9.17, 15) is 0 Å². The molecule has 3 heteroatoms. The average Bonchev–Trinajstić information content (AvgIpc) is 3.50. The zero-order chi connectivity index (χ0) is 29.7. The maximum Gasteiger partial charge on any atom is 0.138 e. The van der Waals surface area contributed by atoms with Crippen molar-refractivity contribution in [2.45, 2.75) is 0 Å². The summed E-state index contributed by atoms with van der Waals surface area (Å²) in [7, 11) is 0. The van der Waals surface area contributed by atoms with Crippen LogP contribution in [0.5, 0.6) is 0 Å². The third-order valence-electron chi connectivity index (χ3n) is 8.79. The zero-order valence-corrected chi connectivity index (χ0v) is 24.4. The molecule has 9 rings (SSSR count). The molecule has 0 aliphatic carbocycles. The minimum absolute atomic E-state index is 0.862. The van der Waals surface area contributed by atoms with Crippen LogP contribution in [0.3, 0.4) is 0 Å². The first-order valence-electron chi connectivity index (χ1n) is 15.3. The highest BCUT2D eigenvalue weighted by atomic mass is 15.0. The van der Waals surface area contributed by atoms with Gasteiger partial charge in [0.05, 0.1) is 16.9 Å². The van der Waals surface area contributed by atoms with Gasteiger partial charge in [0, 0.05) is 17.1 Å². The first kappa shape index (κ1) is 25.4. The Bertz CT molecular complexity index is 2490. The summed E-state index contributed by atoms with van der Waals surface area (Å²) >= 11 is 0. The Hall–Kier alpha value is -6.06. The topological polar surface area (TPSA) is 30.2 Å². The van der Waals surface area contributed by atoms with Crippen LogP contribution in [0.4, 0.5) is 0 Å². The fourth-order valence-electron chi connectivity index (χ4n) is 6.83. The van der Waals surface area contributed by atoms with Crippen molar-refractivity contribution in [1.29, 1.82) is 0 Å². The molecule has 3 heterocycles. The molecule has 6 aromatic carbocycles. The first-order chi connectivity index (χ1) is 22.3. The lowest BCUT2D eigenvalue weighted by atomic mass is 9.85. The molecular weight excluding hydrogens is 546 g/mol. The van der Waals surface area contributed by atoms with E-state index in [0.717, 1.165) is 39.2 Å². The van der Waals surface area contributed by atoms with Crippen LogP contribution in [0.2, 0.25) is 0 Å².